The summed E-state index contributed by atoms with van der Waals surface area (Å²) in [6.45, 7) is 1.07. The number of carboxylic acids is 1. The third kappa shape index (κ3) is 5.64. The molecule has 1 fully saturated rings. The molecule has 0 unspecified atom stereocenters. The van der Waals surface area contributed by atoms with Gasteiger partial charge in [-0.3, -0.25) is 14.5 Å². The van der Waals surface area contributed by atoms with Crippen molar-refractivity contribution in [3.8, 4) is 6.07 Å². The first-order valence-electron chi connectivity index (χ1n) is 6.08. The molecule has 1 saturated carbocycles. The first-order valence-corrected chi connectivity index (χ1v) is 6.08. The lowest BCUT2D eigenvalue weighted by Crippen LogP contribution is -2.41. The average Bonchev–Trinajstić information content (AvgIpc) is 3.08. The van der Waals surface area contributed by atoms with E-state index >= 15 is 0 Å². The van der Waals surface area contributed by atoms with Gasteiger partial charge in [0.15, 0.2) is 0 Å². The fraction of sp³-hybridized carbons (Fsp3) is 0.750. The van der Waals surface area contributed by atoms with Crippen LogP contribution in [0.2, 0.25) is 0 Å². The maximum atomic E-state index is 11.8. The molecule has 0 radical (unpaired) electrons. The Kier molecular flexibility index (Phi) is 5.59. The molecule has 0 bridgehead atoms. The van der Waals surface area contributed by atoms with Crippen molar-refractivity contribution in [3.63, 3.8) is 0 Å². The van der Waals surface area contributed by atoms with Gasteiger partial charge in [0.2, 0.25) is 5.91 Å². The normalized spacial score (nSPS) is 14.3. The number of hydrogen-bond donors (Lipinski definition) is 1. The number of carbonyl (C=O) groups is 2. The molecule has 0 spiro atoms. The number of nitrogens with zero attached hydrogens (tertiary/aromatic N) is 3. The van der Waals surface area contributed by atoms with E-state index < -0.39 is 5.97 Å². The van der Waals surface area contributed by atoms with E-state index in [1.807, 2.05) is 6.07 Å². The zero-order valence-electron chi connectivity index (χ0n) is 10.6. The first kappa shape index (κ1) is 14.5. The molecule has 0 aromatic carbocycles. The Morgan fingerprint density at radius 1 is 1.39 bits per heavy atom. The summed E-state index contributed by atoms with van der Waals surface area (Å²) in [5, 5.41) is 17.2. The molecule has 1 aliphatic carbocycles. The van der Waals surface area contributed by atoms with Gasteiger partial charge in [0.05, 0.1) is 25.6 Å². The zero-order valence-corrected chi connectivity index (χ0v) is 10.6. The van der Waals surface area contributed by atoms with E-state index in [1.165, 1.54) is 4.90 Å². The SMILES string of the molecule is CN(CCC#N)C(=O)CN(CC(=O)O)CC1CC1. The Labute approximate surface area is 107 Å². The molecular formula is C12H19N3O3. The molecule has 0 aliphatic heterocycles. The fourth-order valence-corrected chi connectivity index (χ4v) is 1.70. The van der Waals surface area contributed by atoms with E-state index in [0.29, 0.717) is 25.4 Å². The number of rotatable bonds is 8. The Morgan fingerprint density at radius 3 is 2.56 bits per heavy atom. The topological polar surface area (TPSA) is 84.6 Å². The maximum absolute atomic E-state index is 11.8. The molecule has 0 aromatic heterocycles. The maximum Gasteiger partial charge on any atom is 0.317 e. The predicted molar refractivity (Wildman–Crippen MR) is 64.7 cm³/mol. The van der Waals surface area contributed by atoms with Gasteiger partial charge in [-0.05, 0) is 18.8 Å². The molecule has 6 heteroatoms. The van der Waals surface area contributed by atoms with Crippen LogP contribution in [0.4, 0.5) is 0 Å². The number of amides is 1. The van der Waals surface area contributed by atoms with E-state index in [0.717, 1.165) is 12.8 Å². The van der Waals surface area contributed by atoms with Crippen molar-refractivity contribution < 1.29 is 14.7 Å². The summed E-state index contributed by atoms with van der Waals surface area (Å²) in [5.74, 6) is -0.503. The van der Waals surface area contributed by atoms with Crippen LogP contribution < -0.4 is 0 Å². The summed E-state index contributed by atoms with van der Waals surface area (Å²) in [4.78, 5) is 25.7. The summed E-state index contributed by atoms with van der Waals surface area (Å²) in [7, 11) is 1.63. The minimum Gasteiger partial charge on any atom is -0.480 e. The zero-order chi connectivity index (χ0) is 13.5. The molecule has 1 N–H and O–H groups in total. The molecule has 0 aromatic rings. The molecule has 1 amide bonds. The smallest absolute Gasteiger partial charge is 0.317 e. The van der Waals surface area contributed by atoms with Crippen LogP contribution in [0.25, 0.3) is 0 Å². The molecule has 1 aliphatic rings. The lowest BCUT2D eigenvalue weighted by molar-refractivity contribution is -0.139. The van der Waals surface area contributed by atoms with Crippen molar-refractivity contribution in [2.24, 2.45) is 5.92 Å². The largest absolute Gasteiger partial charge is 0.480 e. The number of carboxylic acid groups (broad SMARTS) is 1. The van der Waals surface area contributed by atoms with Gasteiger partial charge >= 0.3 is 5.97 Å². The second-order valence-electron chi connectivity index (χ2n) is 4.73. The van der Waals surface area contributed by atoms with Gasteiger partial charge in [0, 0.05) is 20.1 Å². The van der Waals surface area contributed by atoms with Crippen LogP contribution in [0.1, 0.15) is 19.3 Å². The van der Waals surface area contributed by atoms with Crippen LogP contribution in [0.3, 0.4) is 0 Å². The van der Waals surface area contributed by atoms with Gasteiger partial charge < -0.3 is 10.0 Å². The minimum atomic E-state index is -0.914. The number of aliphatic carboxylic acids is 1. The molecule has 6 nitrogen and oxygen atoms in total. The standard InChI is InChI=1S/C12H19N3O3/c1-14(6-2-5-13)11(16)8-15(9-12(17)18)7-10-3-4-10/h10H,2-4,6-9H2,1H3,(H,17,18). The van der Waals surface area contributed by atoms with Crippen LogP contribution in [-0.4, -0.2) is 60.0 Å². The van der Waals surface area contributed by atoms with Crippen molar-refractivity contribution in [1.82, 2.24) is 9.80 Å². The highest BCUT2D eigenvalue weighted by molar-refractivity contribution is 5.79. The Balaban J connectivity index is 2.40. The second kappa shape index (κ2) is 6.97. The third-order valence-electron chi connectivity index (χ3n) is 2.92. The Morgan fingerprint density at radius 2 is 2.06 bits per heavy atom. The predicted octanol–water partition coefficient (Wildman–Crippen LogP) is 0.155. The second-order valence-corrected chi connectivity index (χ2v) is 4.73. The quantitative estimate of drug-likeness (QED) is 0.666. The van der Waals surface area contributed by atoms with E-state index in [2.05, 4.69) is 0 Å². The van der Waals surface area contributed by atoms with Crippen molar-refractivity contribution in [1.29, 1.82) is 5.26 Å². The number of hydrogen-bond acceptors (Lipinski definition) is 4. The molecule has 1 rings (SSSR count). The van der Waals surface area contributed by atoms with Crippen molar-refractivity contribution in [3.05, 3.63) is 0 Å². The van der Waals surface area contributed by atoms with E-state index in [-0.39, 0.29) is 19.0 Å². The number of carbonyl (C=O) groups excluding carboxylic acids is 1. The Hall–Kier alpha value is -1.61. The summed E-state index contributed by atoms with van der Waals surface area (Å²) < 4.78 is 0. The van der Waals surface area contributed by atoms with E-state index in [1.54, 1.807) is 11.9 Å². The van der Waals surface area contributed by atoms with Crippen LogP contribution in [0, 0.1) is 17.2 Å². The van der Waals surface area contributed by atoms with Gasteiger partial charge in [-0.15, -0.1) is 0 Å². The highest BCUT2D eigenvalue weighted by atomic mass is 16.4. The molecule has 0 saturated heterocycles. The summed E-state index contributed by atoms with van der Waals surface area (Å²) in [5.41, 5.74) is 0. The highest BCUT2D eigenvalue weighted by Gasteiger charge is 2.26. The fourth-order valence-electron chi connectivity index (χ4n) is 1.70. The lowest BCUT2D eigenvalue weighted by atomic mass is 10.3. The van der Waals surface area contributed by atoms with Crippen molar-refractivity contribution in [2.75, 3.05) is 33.2 Å². The van der Waals surface area contributed by atoms with Gasteiger partial charge in [0.25, 0.3) is 0 Å². The minimum absolute atomic E-state index is 0.103. The molecule has 0 atom stereocenters. The summed E-state index contributed by atoms with van der Waals surface area (Å²) in [6.07, 6.45) is 2.53. The van der Waals surface area contributed by atoms with E-state index in [9.17, 15) is 9.59 Å². The summed E-state index contributed by atoms with van der Waals surface area (Å²) >= 11 is 0. The van der Waals surface area contributed by atoms with Crippen LogP contribution in [-0.2, 0) is 9.59 Å². The van der Waals surface area contributed by atoms with Gasteiger partial charge in [-0.1, -0.05) is 0 Å². The third-order valence-corrected chi connectivity index (χ3v) is 2.92. The Bertz CT molecular complexity index is 347. The molecular weight excluding hydrogens is 234 g/mol. The molecule has 100 valence electrons. The highest BCUT2D eigenvalue weighted by Crippen LogP contribution is 2.29. The number of likely N-dealkylation sites (N-methyl/N-ethyl adjacent to an activating group) is 1. The summed E-state index contributed by atoms with van der Waals surface area (Å²) in [6, 6.07) is 1.98. The van der Waals surface area contributed by atoms with Gasteiger partial charge in [0.1, 0.15) is 0 Å². The van der Waals surface area contributed by atoms with Crippen LogP contribution in [0.5, 0.6) is 0 Å². The number of nitriles is 1. The van der Waals surface area contributed by atoms with Crippen molar-refractivity contribution in [2.45, 2.75) is 19.3 Å². The van der Waals surface area contributed by atoms with Gasteiger partial charge in [-0.2, -0.15) is 5.26 Å². The first-order chi connectivity index (χ1) is 8.52. The van der Waals surface area contributed by atoms with Crippen LogP contribution >= 0.6 is 0 Å². The van der Waals surface area contributed by atoms with Crippen molar-refractivity contribution >= 4 is 11.9 Å². The van der Waals surface area contributed by atoms with Crippen LogP contribution in [0.15, 0.2) is 0 Å². The monoisotopic (exact) mass is 253 g/mol. The molecule has 0 heterocycles. The van der Waals surface area contributed by atoms with Gasteiger partial charge in [-0.25, -0.2) is 0 Å². The lowest BCUT2D eigenvalue weighted by Gasteiger charge is -2.23. The molecule has 18 heavy (non-hydrogen) atoms. The average molecular weight is 253 g/mol. The van der Waals surface area contributed by atoms with E-state index in [4.69, 9.17) is 10.4 Å².